The number of urea groups is 1. The van der Waals surface area contributed by atoms with Crippen LogP contribution in [0.15, 0.2) is 55.1 Å². The van der Waals surface area contributed by atoms with Gasteiger partial charge in [0.2, 0.25) is 5.95 Å². The predicted octanol–water partition coefficient (Wildman–Crippen LogP) is 3.17. The molecule has 10 heteroatoms. The van der Waals surface area contributed by atoms with Crippen LogP contribution < -0.4 is 15.5 Å². The highest BCUT2D eigenvalue weighted by atomic mass is 16.4. The summed E-state index contributed by atoms with van der Waals surface area (Å²) in [7, 11) is 1.84. The van der Waals surface area contributed by atoms with Gasteiger partial charge in [-0.15, -0.1) is 0 Å². The monoisotopic (exact) mass is 449 g/mol. The van der Waals surface area contributed by atoms with Gasteiger partial charge in [0.25, 0.3) is 0 Å². The highest BCUT2D eigenvalue weighted by Crippen LogP contribution is 2.27. The molecule has 0 bridgehead atoms. The molecule has 1 aliphatic carbocycles. The maximum atomic E-state index is 13.2. The second-order valence-corrected chi connectivity index (χ2v) is 8.14. The van der Waals surface area contributed by atoms with E-state index in [0.717, 1.165) is 16.7 Å². The molecule has 3 aromatic rings. The molecule has 3 amide bonds. The Bertz CT molecular complexity index is 1080. The molecule has 3 N–H and O–H groups in total. The van der Waals surface area contributed by atoms with Crippen LogP contribution in [-0.4, -0.2) is 49.1 Å². The van der Waals surface area contributed by atoms with Crippen molar-refractivity contribution in [1.82, 2.24) is 30.4 Å². The summed E-state index contributed by atoms with van der Waals surface area (Å²) in [6.45, 7) is 0.389. The second kappa shape index (κ2) is 10.1. The molecule has 1 aliphatic rings. The Balaban J connectivity index is 1.52. The fourth-order valence-electron chi connectivity index (χ4n) is 4.10. The molecule has 1 saturated carbocycles. The molecule has 1 fully saturated rings. The summed E-state index contributed by atoms with van der Waals surface area (Å²) in [4.78, 5) is 34.8. The molecular formula is C23H27N7O3. The zero-order valence-corrected chi connectivity index (χ0v) is 18.4. The summed E-state index contributed by atoms with van der Waals surface area (Å²) >= 11 is 0. The van der Waals surface area contributed by atoms with Gasteiger partial charge in [0.05, 0.1) is 6.20 Å². The van der Waals surface area contributed by atoms with Crippen LogP contribution in [0, 0.1) is 0 Å². The van der Waals surface area contributed by atoms with Crippen molar-refractivity contribution in [2.75, 3.05) is 4.90 Å². The Hall–Kier alpha value is -3.95. The molecule has 0 saturated heterocycles. The highest BCUT2D eigenvalue weighted by Gasteiger charge is 2.32. The van der Waals surface area contributed by atoms with E-state index < -0.39 is 6.09 Å². The van der Waals surface area contributed by atoms with Crippen LogP contribution in [0.25, 0.3) is 11.1 Å². The molecule has 2 aromatic heterocycles. The van der Waals surface area contributed by atoms with E-state index in [9.17, 15) is 9.59 Å². The number of amides is 3. The van der Waals surface area contributed by atoms with Crippen molar-refractivity contribution in [3.8, 4) is 11.1 Å². The average molecular weight is 450 g/mol. The van der Waals surface area contributed by atoms with E-state index in [1.807, 2.05) is 43.6 Å². The maximum Gasteiger partial charge on any atom is 0.404 e. The minimum atomic E-state index is -1.02. The number of aromatic nitrogens is 4. The van der Waals surface area contributed by atoms with Crippen LogP contribution in [0.4, 0.5) is 15.5 Å². The van der Waals surface area contributed by atoms with Crippen LogP contribution in [0.5, 0.6) is 0 Å². The molecule has 33 heavy (non-hydrogen) atoms. The first-order valence-electron chi connectivity index (χ1n) is 10.9. The number of hydrogen-bond donors (Lipinski definition) is 3. The number of aryl methyl sites for hydroxylation is 1. The Kier molecular flexibility index (Phi) is 6.82. The van der Waals surface area contributed by atoms with Crippen molar-refractivity contribution in [3.63, 3.8) is 0 Å². The molecule has 2 heterocycles. The van der Waals surface area contributed by atoms with Gasteiger partial charge < -0.3 is 15.7 Å². The third-order valence-electron chi connectivity index (χ3n) is 5.79. The highest BCUT2D eigenvalue weighted by molar-refractivity contribution is 5.90. The normalized spacial score (nSPS) is 17.8. The summed E-state index contributed by atoms with van der Waals surface area (Å²) in [5, 5.41) is 18.7. The summed E-state index contributed by atoms with van der Waals surface area (Å²) in [5.41, 5.74) is 2.70. The largest absolute Gasteiger partial charge is 0.465 e. The van der Waals surface area contributed by atoms with E-state index in [1.165, 1.54) is 0 Å². The third kappa shape index (κ3) is 5.65. The second-order valence-electron chi connectivity index (χ2n) is 8.14. The molecule has 4 rings (SSSR count). The Morgan fingerprint density at radius 3 is 2.36 bits per heavy atom. The van der Waals surface area contributed by atoms with Crippen molar-refractivity contribution in [3.05, 3.63) is 60.7 Å². The summed E-state index contributed by atoms with van der Waals surface area (Å²) in [6, 6.07) is 9.17. The van der Waals surface area contributed by atoms with E-state index in [2.05, 4.69) is 25.7 Å². The van der Waals surface area contributed by atoms with E-state index in [-0.39, 0.29) is 18.1 Å². The molecule has 0 spiro atoms. The molecule has 0 radical (unpaired) electrons. The number of nitrogens with one attached hydrogen (secondary N) is 2. The van der Waals surface area contributed by atoms with E-state index in [0.29, 0.717) is 38.2 Å². The Morgan fingerprint density at radius 2 is 1.76 bits per heavy atom. The molecule has 172 valence electrons. The number of carbonyl (C=O) groups is 2. The standard InChI is InChI=1S/C23H27N7O3/c1-29-15-18(14-27-29)17-12-24-21(25-13-17)30(20-9-7-19(8-10-20)28-23(32)33)22(31)26-11-16-5-3-2-4-6-16/h2-6,12-15,19-20,28H,7-11H2,1H3,(H,26,31)(H,32,33)/t19-,20-. The Labute approximate surface area is 191 Å². The zero-order valence-electron chi connectivity index (χ0n) is 18.4. The molecule has 0 aliphatic heterocycles. The summed E-state index contributed by atoms with van der Waals surface area (Å²) < 4.78 is 1.70. The summed E-state index contributed by atoms with van der Waals surface area (Å²) in [6.07, 6.45) is 8.56. The first-order chi connectivity index (χ1) is 16.0. The fourth-order valence-corrected chi connectivity index (χ4v) is 4.10. The quantitative estimate of drug-likeness (QED) is 0.531. The number of nitrogens with zero attached hydrogens (tertiary/aromatic N) is 5. The van der Waals surface area contributed by atoms with Gasteiger partial charge in [-0.3, -0.25) is 9.58 Å². The van der Waals surface area contributed by atoms with Gasteiger partial charge in [0, 0.05) is 55.4 Å². The number of hydrogen-bond acceptors (Lipinski definition) is 5. The fraction of sp³-hybridized carbons (Fsp3) is 0.348. The van der Waals surface area contributed by atoms with Crippen LogP contribution >= 0.6 is 0 Å². The SMILES string of the molecule is Cn1cc(-c2cnc(N(C(=O)NCc3ccccc3)[C@H]3CC[C@H](NC(=O)O)CC3)nc2)cn1. The van der Waals surface area contributed by atoms with Crippen LogP contribution in [0.1, 0.15) is 31.2 Å². The van der Waals surface area contributed by atoms with Crippen molar-refractivity contribution in [2.45, 2.75) is 44.3 Å². The molecule has 1 aromatic carbocycles. The lowest BCUT2D eigenvalue weighted by Crippen LogP contribution is -2.50. The van der Waals surface area contributed by atoms with Gasteiger partial charge in [-0.05, 0) is 31.2 Å². The van der Waals surface area contributed by atoms with Gasteiger partial charge >= 0.3 is 12.1 Å². The molecular weight excluding hydrogens is 422 g/mol. The van der Waals surface area contributed by atoms with Crippen LogP contribution in [0.3, 0.4) is 0 Å². The van der Waals surface area contributed by atoms with Gasteiger partial charge in [-0.25, -0.2) is 19.6 Å². The number of anilines is 1. The molecule has 10 nitrogen and oxygen atoms in total. The van der Waals surface area contributed by atoms with Crippen molar-refractivity contribution >= 4 is 18.1 Å². The van der Waals surface area contributed by atoms with E-state index >= 15 is 0 Å². The first-order valence-corrected chi connectivity index (χ1v) is 10.9. The van der Waals surface area contributed by atoms with Crippen LogP contribution in [0.2, 0.25) is 0 Å². The first kappa shape index (κ1) is 22.3. The number of rotatable bonds is 6. The average Bonchev–Trinajstić information content (AvgIpc) is 3.26. The topological polar surface area (TPSA) is 125 Å². The Morgan fingerprint density at radius 1 is 1.06 bits per heavy atom. The van der Waals surface area contributed by atoms with Crippen molar-refractivity contribution in [1.29, 1.82) is 0 Å². The number of benzene rings is 1. The minimum Gasteiger partial charge on any atom is -0.465 e. The van der Waals surface area contributed by atoms with Gasteiger partial charge in [0.1, 0.15) is 0 Å². The van der Waals surface area contributed by atoms with Crippen LogP contribution in [-0.2, 0) is 13.6 Å². The van der Waals surface area contributed by atoms with Gasteiger partial charge in [0.15, 0.2) is 0 Å². The number of carboxylic acid groups (broad SMARTS) is 1. The van der Waals surface area contributed by atoms with Crippen molar-refractivity contribution in [2.24, 2.45) is 7.05 Å². The predicted molar refractivity (Wildman–Crippen MR) is 123 cm³/mol. The lowest BCUT2D eigenvalue weighted by molar-refractivity contribution is 0.184. The summed E-state index contributed by atoms with van der Waals surface area (Å²) in [5.74, 6) is 0.322. The lowest BCUT2D eigenvalue weighted by atomic mass is 9.90. The zero-order chi connectivity index (χ0) is 23.2. The van der Waals surface area contributed by atoms with Gasteiger partial charge in [-0.2, -0.15) is 5.10 Å². The van der Waals surface area contributed by atoms with E-state index in [4.69, 9.17) is 5.11 Å². The third-order valence-corrected chi connectivity index (χ3v) is 5.79. The van der Waals surface area contributed by atoms with E-state index in [1.54, 1.807) is 28.2 Å². The van der Waals surface area contributed by atoms with Crippen molar-refractivity contribution < 1.29 is 14.7 Å². The van der Waals surface area contributed by atoms with Gasteiger partial charge in [-0.1, -0.05) is 30.3 Å². The maximum absolute atomic E-state index is 13.2. The minimum absolute atomic E-state index is 0.109. The lowest BCUT2D eigenvalue weighted by Gasteiger charge is -2.35. The molecule has 0 unspecified atom stereocenters. The smallest absolute Gasteiger partial charge is 0.404 e. The molecule has 0 atom stereocenters. The number of carbonyl (C=O) groups excluding carboxylic acids is 1.